The molecule has 2 aromatic carbocycles. The first-order valence-corrected chi connectivity index (χ1v) is 13.9. The molecule has 1 saturated heterocycles. The third kappa shape index (κ3) is 5.13. The van der Waals surface area contributed by atoms with E-state index in [1.165, 1.54) is 12.8 Å². The Kier molecular flexibility index (Phi) is 6.39. The summed E-state index contributed by atoms with van der Waals surface area (Å²) in [6.07, 6.45) is 3.57. The molecule has 0 spiro atoms. The summed E-state index contributed by atoms with van der Waals surface area (Å²) in [5.41, 5.74) is 3.45. The number of amides is 1. The quantitative estimate of drug-likeness (QED) is 0.324. The van der Waals surface area contributed by atoms with E-state index in [0.29, 0.717) is 34.8 Å². The summed E-state index contributed by atoms with van der Waals surface area (Å²) in [4.78, 5) is 15.3. The number of fused-ring (bicyclic) bond motifs is 3. The molecule has 1 saturated carbocycles. The Morgan fingerprint density at radius 1 is 1.11 bits per heavy atom. The highest BCUT2D eigenvalue weighted by Gasteiger charge is 2.49. The molecule has 2 aliphatic rings. The van der Waals surface area contributed by atoms with Crippen LogP contribution in [0, 0.1) is 10.8 Å². The van der Waals surface area contributed by atoms with Gasteiger partial charge in [-0.3, -0.25) is 14.3 Å². The molecule has 3 aromatic rings. The molecular formula is C30H37BrN4O2. The van der Waals surface area contributed by atoms with Gasteiger partial charge in [0.05, 0.1) is 12.2 Å². The smallest absolute Gasteiger partial charge is 0.295 e. The van der Waals surface area contributed by atoms with Gasteiger partial charge in [0.25, 0.3) is 5.91 Å². The van der Waals surface area contributed by atoms with Crippen molar-refractivity contribution in [3.05, 3.63) is 58.1 Å². The van der Waals surface area contributed by atoms with Gasteiger partial charge in [-0.2, -0.15) is 0 Å². The zero-order valence-electron chi connectivity index (χ0n) is 22.7. The van der Waals surface area contributed by atoms with Gasteiger partial charge in [0.15, 0.2) is 5.69 Å². The Labute approximate surface area is 227 Å². The predicted octanol–water partition coefficient (Wildman–Crippen LogP) is 8.19. The lowest BCUT2D eigenvalue weighted by molar-refractivity contribution is 0.0995. The first-order valence-electron chi connectivity index (χ1n) is 13.1. The highest BCUT2D eigenvalue weighted by atomic mass is 79.9. The van der Waals surface area contributed by atoms with Crippen molar-refractivity contribution in [2.45, 2.75) is 78.9 Å². The third-order valence-electron chi connectivity index (χ3n) is 8.06. The summed E-state index contributed by atoms with van der Waals surface area (Å²) < 4.78 is 2.79. The van der Waals surface area contributed by atoms with Crippen LogP contribution in [-0.4, -0.2) is 33.1 Å². The first-order chi connectivity index (χ1) is 17.2. The maximum Gasteiger partial charge on any atom is 0.295 e. The summed E-state index contributed by atoms with van der Waals surface area (Å²) in [7, 11) is 0. The topological polar surface area (TPSA) is 70.2 Å². The van der Waals surface area contributed by atoms with Gasteiger partial charge < -0.3 is 5.11 Å². The number of rotatable bonds is 4. The minimum atomic E-state index is -0.431. The van der Waals surface area contributed by atoms with Crippen LogP contribution in [0.5, 0.6) is 5.88 Å². The number of halogens is 1. The number of likely N-dealkylation sites (tertiary alicyclic amines) is 1. The van der Waals surface area contributed by atoms with Crippen molar-refractivity contribution < 1.29 is 9.90 Å². The Bertz CT molecular complexity index is 1380. The van der Waals surface area contributed by atoms with Crippen LogP contribution < -0.4 is 0 Å². The summed E-state index contributed by atoms with van der Waals surface area (Å²) in [6, 6.07) is 13.9. The van der Waals surface area contributed by atoms with Crippen LogP contribution >= 0.6 is 15.9 Å². The average Bonchev–Trinajstić information content (AvgIpc) is 3.19. The molecule has 37 heavy (non-hydrogen) atoms. The van der Waals surface area contributed by atoms with Crippen molar-refractivity contribution in [2.24, 2.45) is 21.1 Å². The minimum absolute atomic E-state index is 0.00509. The zero-order chi connectivity index (χ0) is 26.8. The van der Waals surface area contributed by atoms with Crippen LogP contribution in [0.4, 0.5) is 5.69 Å². The molecule has 1 aliphatic carbocycles. The second-order valence-corrected chi connectivity index (χ2v) is 14.1. The summed E-state index contributed by atoms with van der Waals surface area (Å²) in [5.74, 6) is -0.391. The highest BCUT2D eigenvalue weighted by Crippen LogP contribution is 2.53. The largest absolute Gasteiger partial charge is 0.493 e. The molecule has 0 radical (unpaired) electrons. The molecule has 7 heteroatoms. The fourth-order valence-electron chi connectivity index (χ4n) is 6.73. The average molecular weight is 566 g/mol. The Balaban J connectivity index is 1.45. The van der Waals surface area contributed by atoms with Crippen molar-refractivity contribution in [1.29, 1.82) is 0 Å². The van der Waals surface area contributed by atoms with Gasteiger partial charge in [-0.15, -0.1) is 10.2 Å². The monoisotopic (exact) mass is 564 g/mol. The van der Waals surface area contributed by atoms with Crippen molar-refractivity contribution >= 4 is 38.4 Å². The van der Waals surface area contributed by atoms with E-state index in [2.05, 4.69) is 72.6 Å². The molecule has 2 unspecified atom stereocenters. The molecular weight excluding hydrogens is 528 g/mol. The minimum Gasteiger partial charge on any atom is -0.493 e. The SMILES string of the molecule is CC1(C)CC2CC(C)(CN2Cn2c(O)c(N=NC(=O)c3ccc(C(C)(C)C)cc3)c3cc(Br)ccc32)C1. The van der Waals surface area contributed by atoms with Crippen molar-refractivity contribution in [2.75, 3.05) is 6.54 Å². The predicted molar refractivity (Wildman–Crippen MR) is 152 cm³/mol. The summed E-state index contributed by atoms with van der Waals surface area (Å²) in [6.45, 7) is 15.1. The number of hydrogen-bond donors (Lipinski definition) is 1. The molecule has 1 aliphatic heterocycles. The summed E-state index contributed by atoms with van der Waals surface area (Å²) in [5, 5.41) is 20.4. The molecule has 2 fully saturated rings. The molecule has 2 heterocycles. The fraction of sp³-hybridized carbons (Fsp3) is 0.500. The van der Waals surface area contributed by atoms with Crippen molar-refractivity contribution in [3.8, 4) is 5.88 Å². The van der Waals surface area contributed by atoms with Crippen molar-refractivity contribution in [1.82, 2.24) is 9.47 Å². The van der Waals surface area contributed by atoms with Crippen molar-refractivity contribution in [3.63, 3.8) is 0 Å². The van der Waals surface area contributed by atoms with Gasteiger partial charge in [-0.1, -0.05) is 69.6 Å². The van der Waals surface area contributed by atoms with E-state index in [9.17, 15) is 9.90 Å². The standard InChI is InChI=1S/C30H37BrN4O2/c1-28(2,3)20-9-7-19(8-10-20)26(36)33-32-25-23-13-21(31)11-12-24(23)35(27(25)37)18-34-17-30(6)15-22(34)14-29(4,5)16-30/h7-13,22,37H,14-18H2,1-6H3. The second-order valence-electron chi connectivity index (χ2n) is 13.2. The van der Waals surface area contributed by atoms with Gasteiger partial charge >= 0.3 is 0 Å². The molecule has 1 aromatic heterocycles. The van der Waals surface area contributed by atoms with Gasteiger partial charge in [0, 0.05) is 28.0 Å². The normalized spacial score (nSPS) is 23.8. The lowest BCUT2D eigenvalue weighted by atomic mass is 9.65. The van der Waals surface area contributed by atoms with Gasteiger partial charge in [-0.05, 0) is 71.4 Å². The molecule has 1 amide bonds. The van der Waals surface area contributed by atoms with Crippen LogP contribution in [0.3, 0.4) is 0 Å². The van der Waals surface area contributed by atoms with Gasteiger partial charge in [-0.25, -0.2) is 0 Å². The van der Waals surface area contributed by atoms with E-state index in [-0.39, 0.29) is 11.3 Å². The Morgan fingerprint density at radius 2 is 1.81 bits per heavy atom. The van der Waals surface area contributed by atoms with E-state index < -0.39 is 5.91 Å². The third-order valence-corrected chi connectivity index (χ3v) is 8.55. The van der Waals surface area contributed by atoms with Gasteiger partial charge in [0.2, 0.25) is 5.88 Å². The highest BCUT2D eigenvalue weighted by molar-refractivity contribution is 9.10. The lowest BCUT2D eigenvalue weighted by Crippen LogP contribution is -2.35. The van der Waals surface area contributed by atoms with Crippen LogP contribution in [0.2, 0.25) is 0 Å². The number of aromatic hydroxyl groups is 1. The van der Waals surface area contributed by atoms with E-state index in [1.54, 1.807) is 12.1 Å². The molecule has 196 valence electrons. The van der Waals surface area contributed by atoms with Gasteiger partial charge in [0.1, 0.15) is 0 Å². The maximum atomic E-state index is 12.8. The number of carbonyl (C=O) groups excluding carboxylic acids is 1. The van der Waals surface area contributed by atoms with Crippen LogP contribution in [-0.2, 0) is 12.1 Å². The van der Waals surface area contributed by atoms with E-state index in [4.69, 9.17) is 0 Å². The Hall–Kier alpha value is -2.51. The molecule has 5 rings (SSSR count). The number of hydrogen-bond acceptors (Lipinski definition) is 4. The number of benzene rings is 2. The maximum absolute atomic E-state index is 12.8. The second kappa shape index (κ2) is 9.05. The first kappa shape index (κ1) is 26.1. The van der Waals surface area contributed by atoms with Crippen LogP contribution in [0.1, 0.15) is 76.7 Å². The molecule has 6 nitrogen and oxygen atoms in total. The number of aromatic nitrogens is 1. The Morgan fingerprint density at radius 3 is 2.49 bits per heavy atom. The molecule has 2 atom stereocenters. The number of carbonyl (C=O) groups is 1. The van der Waals surface area contributed by atoms with Crippen LogP contribution in [0.15, 0.2) is 57.2 Å². The number of nitrogens with zero attached hydrogens (tertiary/aromatic N) is 4. The summed E-state index contributed by atoms with van der Waals surface area (Å²) >= 11 is 3.54. The molecule has 1 N–H and O–H groups in total. The van der Waals surface area contributed by atoms with E-state index in [0.717, 1.165) is 33.9 Å². The lowest BCUT2D eigenvalue weighted by Gasteiger charge is -2.40. The fourth-order valence-corrected chi connectivity index (χ4v) is 7.09. The number of azo groups is 1. The van der Waals surface area contributed by atoms with Crippen LogP contribution in [0.25, 0.3) is 10.9 Å². The van der Waals surface area contributed by atoms with E-state index >= 15 is 0 Å². The zero-order valence-corrected chi connectivity index (χ0v) is 24.3. The molecule has 2 bridgehead atoms. The van der Waals surface area contributed by atoms with E-state index in [1.807, 2.05) is 34.9 Å².